The Labute approximate surface area is 175 Å². The molecule has 1 aromatic carbocycles. The second-order valence-electron chi connectivity index (χ2n) is 6.70. The van der Waals surface area contributed by atoms with Crippen LogP contribution in [0.3, 0.4) is 0 Å². The fourth-order valence-electron chi connectivity index (χ4n) is 3.36. The van der Waals surface area contributed by atoms with Crippen molar-refractivity contribution in [1.82, 2.24) is 9.97 Å². The number of hydrogen-bond acceptors (Lipinski definition) is 6. The number of amides is 2. The van der Waals surface area contributed by atoms with Crippen molar-refractivity contribution in [1.29, 1.82) is 0 Å². The molecule has 2 aliphatic rings. The number of ether oxygens (including phenoxy) is 1. The van der Waals surface area contributed by atoms with E-state index >= 15 is 0 Å². The molecule has 4 rings (SSSR count). The van der Waals surface area contributed by atoms with E-state index in [0.29, 0.717) is 48.0 Å². The molecule has 3 N–H and O–H groups in total. The number of hydrogen-bond donors (Lipinski definition) is 3. The van der Waals surface area contributed by atoms with Gasteiger partial charge in [-0.2, -0.15) is 4.98 Å². The maximum atomic E-state index is 12.9. The number of halogens is 2. The summed E-state index contributed by atoms with van der Waals surface area (Å²) in [4.78, 5) is 46.8. The number of H-pyrrole nitrogens is 1. The van der Waals surface area contributed by atoms with Crippen LogP contribution in [0.1, 0.15) is 17.9 Å². The quantitative estimate of drug-likeness (QED) is 0.675. The van der Waals surface area contributed by atoms with E-state index in [9.17, 15) is 14.4 Å². The highest BCUT2D eigenvalue weighted by Gasteiger charge is 2.35. The van der Waals surface area contributed by atoms with E-state index in [1.165, 1.54) is 18.2 Å². The number of carbonyl (C=O) groups is 2. The maximum absolute atomic E-state index is 12.9. The molecular weight excluding hydrogens is 421 g/mol. The lowest BCUT2D eigenvalue weighted by Crippen LogP contribution is -2.41. The van der Waals surface area contributed by atoms with Crippen LogP contribution in [0.2, 0.25) is 10.0 Å². The molecule has 2 amide bonds. The highest BCUT2D eigenvalue weighted by molar-refractivity contribution is 6.35. The number of aromatic amines is 1. The van der Waals surface area contributed by atoms with Crippen LogP contribution in [-0.2, 0) is 14.3 Å². The van der Waals surface area contributed by atoms with E-state index in [1.807, 2.05) is 4.90 Å². The molecule has 1 atom stereocenters. The van der Waals surface area contributed by atoms with Gasteiger partial charge < -0.3 is 20.3 Å². The topological polar surface area (TPSA) is 116 Å². The lowest BCUT2D eigenvalue weighted by atomic mass is 9.92. The third kappa shape index (κ3) is 4.21. The number of benzene rings is 1. The monoisotopic (exact) mass is 437 g/mol. The highest BCUT2D eigenvalue weighted by atomic mass is 35.5. The third-order valence-corrected chi connectivity index (χ3v) is 5.13. The van der Waals surface area contributed by atoms with Crippen LogP contribution in [0.15, 0.2) is 23.0 Å². The number of morpholine rings is 1. The van der Waals surface area contributed by atoms with Crippen molar-refractivity contribution in [2.45, 2.75) is 12.3 Å². The van der Waals surface area contributed by atoms with Gasteiger partial charge in [-0.3, -0.25) is 19.4 Å². The van der Waals surface area contributed by atoms with Crippen molar-refractivity contribution in [2.24, 2.45) is 0 Å². The summed E-state index contributed by atoms with van der Waals surface area (Å²) in [7, 11) is 0. The SMILES string of the molecule is O=C1C[C@H](C(=O)Nc2cc(Cl)cc(Cl)c2)c2c(nc(N3CCOCC3)[nH]c2=O)N1. The Morgan fingerprint density at radius 3 is 2.55 bits per heavy atom. The summed E-state index contributed by atoms with van der Waals surface area (Å²) in [5, 5.41) is 5.96. The van der Waals surface area contributed by atoms with E-state index in [0.717, 1.165) is 0 Å². The van der Waals surface area contributed by atoms with Crippen molar-refractivity contribution < 1.29 is 14.3 Å². The zero-order valence-corrected chi connectivity index (χ0v) is 16.6. The van der Waals surface area contributed by atoms with Crippen molar-refractivity contribution >= 4 is 52.5 Å². The lowest BCUT2D eigenvalue weighted by molar-refractivity contribution is -0.123. The van der Waals surface area contributed by atoms with Gasteiger partial charge in [0.2, 0.25) is 17.8 Å². The first-order valence-electron chi connectivity index (χ1n) is 8.94. The number of fused-ring (bicyclic) bond motifs is 1. The molecule has 3 heterocycles. The van der Waals surface area contributed by atoms with Gasteiger partial charge in [-0.1, -0.05) is 23.2 Å². The summed E-state index contributed by atoms with van der Waals surface area (Å²) in [6.07, 6.45) is -0.172. The van der Waals surface area contributed by atoms with E-state index in [2.05, 4.69) is 20.6 Å². The Morgan fingerprint density at radius 1 is 1.17 bits per heavy atom. The number of aromatic nitrogens is 2. The van der Waals surface area contributed by atoms with Crippen molar-refractivity contribution in [2.75, 3.05) is 41.8 Å². The fourth-order valence-corrected chi connectivity index (χ4v) is 3.89. The molecule has 1 saturated heterocycles. The third-order valence-electron chi connectivity index (χ3n) is 4.70. The van der Waals surface area contributed by atoms with Gasteiger partial charge >= 0.3 is 0 Å². The normalized spacial score (nSPS) is 18.8. The molecule has 0 aliphatic carbocycles. The molecule has 1 aromatic heterocycles. The molecule has 29 heavy (non-hydrogen) atoms. The van der Waals surface area contributed by atoms with Crippen LogP contribution in [0, 0.1) is 0 Å². The molecule has 0 bridgehead atoms. The smallest absolute Gasteiger partial charge is 0.258 e. The van der Waals surface area contributed by atoms with E-state index in [-0.39, 0.29) is 17.8 Å². The number of carbonyl (C=O) groups excluding carboxylic acids is 2. The number of rotatable bonds is 3. The summed E-state index contributed by atoms with van der Waals surface area (Å²) in [6.45, 7) is 2.16. The first-order chi connectivity index (χ1) is 13.9. The Kier molecular flexibility index (Phi) is 5.44. The maximum Gasteiger partial charge on any atom is 0.258 e. The first-order valence-corrected chi connectivity index (χ1v) is 9.70. The molecule has 9 nitrogen and oxygen atoms in total. The van der Waals surface area contributed by atoms with Crippen molar-refractivity contribution in [3.63, 3.8) is 0 Å². The van der Waals surface area contributed by atoms with E-state index in [1.54, 1.807) is 0 Å². The van der Waals surface area contributed by atoms with Gasteiger partial charge in [-0.25, -0.2) is 0 Å². The second-order valence-corrected chi connectivity index (χ2v) is 7.58. The van der Waals surface area contributed by atoms with Crippen LogP contribution < -0.4 is 21.1 Å². The minimum absolute atomic E-state index is 0.0933. The Balaban J connectivity index is 1.65. The van der Waals surface area contributed by atoms with E-state index < -0.39 is 23.3 Å². The summed E-state index contributed by atoms with van der Waals surface area (Å²) < 4.78 is 5.30. The predicted octanol–water partition coefficient (Wildman–Crippen LogP) is 1.98. The second kappa shape index (κ2) is 8.02. The summed E-state index contributed by atoms with van der Waals surface area (Å²) in [5.74, 6) is -1.49. The number of nitrogens with zero attached hydrogens (tertiary/aromatic N) is 2. The van der Waals surface area contributed by atoms with Crippen LogP contribution in [0.5, 0.6) is 0 Å². The lowest BCUT2D eigenvalue weighted by Gasteiger charge is -2.29. The Bertz CT molecular complexity index is 1020. The highest BCUT2D eigenvalue weighted by Crippen LogP contribution is 2.31. The fraction of sp³-hybridized carbons (Fsp3) is 0.333. The molecule has 11 heteroatoms. The zero-order valence-electron chi connectivity index (χ0n) is 15.1. The van der Waals surface area contributed by atoms with Crippen LogP contribution in [-0.4, -0.2) is 48.1 Å². The van der Waals surface area contributed by atoms with Gasteiger partial charge in [0, 0.05) is 35.2 Å². The Hall–Kier alpha value is -2.62. The van der Waals surface area contributed by atoms with Gasteiger partial charge in [0.15, 0.2) is 0 Å². The van der Waals surface area contributed by atoms with Crippen molar-refractivity contribution in [3.8, 4) is 0 Å². The average molecular weight is 438 g/mol. The van der Waals surface area contributed by atoms with Gasteiger partial charge in [0.1, 0.15) is 5.82 Å². The first kappa shape index (κ1) is 19.7. The van der Waals surface area contributed by atoms with Crippen LogP contribution in [0.4, 0.5) is 17.5 Å². The Morgan fingerprint density at radius 2 is 1.86 bits per heavy atom. The van der Waals surface area contributed by atoms with Gasteiger partial charge in [-0.15, -0.1) is 0 Å². The summed E-state index contributed by atoms with van der Waals surface area (Å²) in [5.41, 5.74) is 0.0161. The van der Waals surface area contributed by atoms with Crippen molar-refractivity contribution in [3.05, 3.63) is 44.2 Å². The number of anilines is 3. The van der Waals surface area contributed by atoms with Crippen LogP contribution >= 0.6 is 23.2 Å². The zero-order chi connectivity index (χ0) is 20.5. The molecule has 0 unspecified atom stereocenters. The minimum atomic E-state index is -0.994. The summed E-state index contributed by atoms with van der Waals surface area (Å²) >= 11 is 11.9. The molecular formula is C18H17Cl2N5O4. The van der Waals surface area contributed by atoms with Gasteiger partial charge in [0.25, 0.3) is 5.56 Å². The molecule has 1 fully saturated rings. The standard InChI is InChI=1S/C18H17Cl2N5O4/c19-9-5-10(20)7-11(6-9)21-16(27)12-8-13(26)22-15-14(12)17(28)24-18(23-15)25-1-3-29-4-2-25/h5-7,12H,1-4,8H2,(H,21,27)(H2,22,23,24,26,28)/t12-/m0/s1. The molecule has 152 valence electrons. The molecule has 2 aliphatic heterocycles. The summed E-state index contributed by atoms with van der Waals surface area (Å²) in [6, 6.07) is 4.59. The van der Waals surface area contributed by atoms with Crippen LogP contribution in [0.25, 0.3) is 0 Å². The van der Waals surface area contributed by atoms with E-state index in [4.69, 9.17) is 27.9 Å². The average Bonchev–Trinajstić information content (AvgIpc) is 2.66. The van der Waals surface area contributed by atoms with Gasteiger partial charge in [0.05, 0.1) is 24.7 Å². The molecule has 2 aromatic rings. The molecule has 0 radical (unpaired) electrons. The molecule has 0 saturated carbocycles. The minimum Gasteiger partial charge on any atom is -0.378 e. The largest absolute Gasteiger partial charge is 0.378 e. The molecule has 0 spiro atoms. The number of nitrogens with one attached hydrogen (secondary N) is 3. The predicted molar refractivity (Wildman–Crippen MR) is 109 cm³/mol. The van der Waals surface area contributed by atoms with Gasteiger partial charge in [-0.05, 0) is 18.2 Å².